The van der Waals surface area contributed by atoms with E-state index in [0.29, 0.717) is 0 Å². The molecule has 6 rings (SSSR count). The Labute approximate surface area is 150 Å². The lowest BCUT2D eigenvalue weighted by Crippen LogP contribution is -2.42. The molecule has 0 spiro atoms. The standard InChI is InChI=1S/C20H20N2O4/c23-17-13-9-1-2-10(7-9)14(13)18(24)21(17)5-6-22-19(25)15-11-3-4-12(8-11)16(15)20(22)26/h1-4,9-16H,5-8H2/t9-,10-,11+,12+,13-,14-,15+,16+. The number of allylic oxidation sites excluding steroid dienone is 4. The molecule has 6 heteroatoms. The second-order valence-corrected chi connectivity index (χ2v) is 8.66. The van der Waals surface area contributed by atoms with Crippen LogP contribution in [0.1, 0.15) is 12.8 Å². The Kier molecular flexibility index (Phi) is 2.70. The molecule has 0 unspecified atom stereocenters. The summed E-state index contributed by atoms with van der Waals surface area (Å²) in [6, 6.07) is 0. The van der Waals surface area contributed by atoms with Gasteiger partial charge in [-0.3, -0.25) is 29.0 Å². The summed E-state index contributed by atoms with van der Waals surface area (Å²) in [7, 11) is 0. The molecule has 2 heterocycles. The van der Waals surface area contributed by atoms with E-state index in [1.165, 1.54) is 9.80 Å². The zero-order chi connectivity index (χ0) is 17.7. The minimum atomic E-state index is -0.220. The van der Waals surface area contributed by atoms with Crippen LogP contribution in [0.25, 0.3) is 0 Å². The Balaban J connectivity index is 1.19. The van der Waals surface area contributed by atoms with Gasteiger partial charge in [-0.2, -0.15) is 0 Å². The van der Waals surface area contributed by atoms with Gasteiger partial charge in [0.05, 0.1) is 23.7 Å². The van der Waals surface area contributed by atoms with E-state index in [4.69, 9.17) is 0 Å². The molecule has 2 saturated heterocycles. The molecule has 8 atom stereocenters. The third-order valence-corrected chi connectivity index (χ3v) is 7.67. The minimum Gasteiger partial charge on any atom is -0.280 e. The third-order valence-electron chi connectivity index (χ3n) is 7.67. The maximum absolute atomic E-state index is 12.7. The quantitative estimate of drug-likeness (QED) is 0.551. The number of rotatable bonds is 3. The molecule has 26 heavy (non-hydrogen) atoms. The smallest absolute Gasteiger partial charge is 0.233 e. The van der Waals surface area contributed by atoms with Crippen LogP contribution in [0.15, 0.2) is 24.3 Å². The van der Waals surface area contributed by atoms with Gasteiger partial charge in [-0.1, -0.05) is 24.3 Å². The SMILES string of the molecule is O=C1[C@@H]2[C@@H](C(=O)N1CCN1C(=O)[C@H]3[C@H](C1=O)[C@@H]1C=C[C@@H]3C1)[C@H]1C=C[C@H]2C1. The normalized spacial score (nSPS) is 47.1. The van der Waals surface area contributed by atoms with Crippen LogP contribution in [-0.4, -0.2) is 46.5 Å². The van der Waals surface area contributed by atoms with Crippen molar-refractivity contribution >= 4 is 23.6 Å². The van der Waals surface area contributed by atoms with E-state index in [9.17, 15) is 19.2 Å². The van der Waals surface area contributed by atoms with Crippen LogP contribution in [0, 0.1) is 47.3 Å². The Morgan fingerprint density at radius 3 is 1.12 bits per heavy atom. The number of hydrogen-bond donors (Lipinski definition) is 0. The zero-order valence-electron chi connectivity index (χ0n) is 14.3. The summed E-state index contributed by atoms with van der Waals surface area (Å²) in [5.74, 6) is -0.602. The number of fused-ring (bicyclic) bond motifs is 10. The van der Waals surface area contributed by atoms with Crippen LogP contribution in [0.4, 0.5) is 0 Å². The highest BCUT2D eigenvalue weighted by Crippen LogP contribution is 2.53. The molecule has 6 nitrogen and oxygen atoms in total. The highest BCUT2D eigenvalue weighted by molar-refractivity contribution is 6.08. The molecule has 2 aliphatic heterocycles. The van der Waals surface area contributed by atoms with Gasteiger partial charge in [-0.05, 0) is 36.5 Å². The summed E-state index contributed by atoms with van der Waals surface area (Å²) >= 11 is 0. The predicted octanol–water partition coefficient (Wildman–Crippen LogP) is 0.601. The van der Waals surface area contributed by atoms with E-state index in [-0.39, 0.29) is 84.1 Å². The van der Waals surface area contributed by atoms with Crippen LogP contribution >= 0.6 is 0 Å². The highest BCUT2D eigenvalue weighted by Gasteiger charge is 2.61. The number of carbonyl (C=O) groups excluding carboxylic acids is 4. The van der Waals surface area contributed by atoms with Gasteiger partial charge in [0.1, 0.15) is 0 Å². The maximum Gasteiger partial charge on any atom is 0.233 e. The first-order chi connectivity index (χ1) is 12.6. The third kappa shape index (κ3) is 1.59. The largest absolute Gasteiger partial charge is 0.280 e. The van der Waals surface area contributed by atoms with Gasteiger partial charge in [0.25, 0.3) is 0 Å². The molecule has 0 radical (unpaired) electrons. The number of amides is 4. The number of hydrogen-bond acceptors (Lipinski definition) is 4. The van der Waals surface area contributed by atoms with Crippen molar-refractivity contribution in [2.24, 2.45) is 47.3 Å². The molecule has 0 aromatic rings. The second kappa shape index (κ2) is 4.72. The Morgan fingerprint density at radius 2 is 0.846 bits per heavy atom. The average Bonchev–Trinajstić information content (AvgIpc) is 3.43. The topological polar surface area (TPSA) is 74.8 Å². The monoisotopic (exact) mass is 352 g/mol. The van der Waals surface area contributed by atoms with Crippen molar-refractivity contribution < 1.29 is 19.2 Å². The van der Waals surface area contributed by atoms with Crippen molar-refractivity contribution in [2.45, 2.75) is 12.8 Å². The van der Waals surface area contributed by atoms with Crippen molar-refractivity contribution in [1.82, 2.24) is 9.80 Å². The zero-order valence-corrected chi connectivity index (χ0v) is 14.3. The molecule has 134 valence electrons. The Hall–Kier alpha value is -2.24. The molecular formula is C20H20N2O4. The molecule has 6 aliphatic rings. The first kappa shape index (κ1) is 14.9. The number of imide groups is 2. The van der Waals surface area contributed by atoms with E-state index in [1.807, 2.05) is 0 Å². The van der Waals surface area contributed by atoms with E-state index in [2.05, 4.69) is 24.3 Å². The Bertz CT molecular complexity index is 702. The molecule has 2 saturated carbocycles. The molecule has 0 aromatic heterocycles. The molecule has 4 bridgehead atoms. The molecule has 0 N–H and O–H groups in total. The number of likely N-dealkylation sites (tertiary alicyclic amines) is 2. The van der Waals surface area contributed by atoms with Crippen molar-refractivity contribution in [2.75, 3.05) is 13.1 Å². The lowest BCUT2D eigenvalue weighted by Gasteiger charge is -2.22. The summed E-state index contributed by atoms with van der Waals surface area (Å²) in [6.45, 7) is 0.285. The summed E-state index contributed by atoms with van der Waals surface area (Å²) < 4.78 is 0. The number of carbonyl (C=O) groups is 4. The minimum absolute atomic E-state index is 0.113. The van der Waals surface area contributed by atoms with Crippen molar-refractivity contribution in [3.8, 4) is 0 Å². The fraction of sp³-hybridized carbons (Fsp3) is 0.600. The van der Waals surface area contributed by atoms with Crippen LogP contribution in [0.2, 0.25) is 0 Å². The predicted molar refractivity (Wildman–Crippen MR) is 88.9 cm³/mol. The summed E-state index contributed by atoms with van der Waals surface area (Å²) in [5.41, 5.74) is 0. The van der Waals surface area contributed by atoms with Crippen molar-refractivity contribution in [1.29, 1.82) is 0 Å². The van der Waals surface area contributed by atoms with Gasteiger partial charge in [0.2, 0.25) is 23.6 Å². The van der Waals surface area contributed by atoms with Gasteiger partial charge in [0.15, 0.2) is 0 Å². The van der Waals surface area contributed by atoms with Crippen LogP contribution in [0.3, 0.4) is 0 Å². The first-order valence-corrected chi connectivity index (χ1v) is 9.63. The molecule has 4 fully saturated rings. The summed E-state index contributed by atoms with van der Waals surface area (Å²) in [6.07, 6.45) is 10.1. The maximum atomic E-state index is 12.7. The van der Waals surface area contributed by atoms with E-state index in [1.54, 1.807) is 0 Å². The summed E-state index contributed by atoms with van der Waals surface area (Å²) in [5, 5.41) is 0. The van der Waals surface area contributed by atoms with Crippen molar-refractivity contribution in [3.63, 3.8) is 0 Å². The van der Waals surface area contributed by atoms with E-state index in [0.717, 1.165) is 12.8 Å². The van der Waals surface area contributed by atoms with Crippen LogP contribution in [0.5, 0.6) is 0 Å². The fourth-order valence-corrected chi connectivity index (χ4v) is 6.57. The van der Waals surface area contributed by atoms with E-state index < -0.39 is 0 Å². The lowest BCUT2D eigenvalue weighted by molar-refractivity contribution is -0.146. The average molecular weight is 352 g/mol. The molecule has 0 aromatic carbocycles. The van der Waals surface area contributed by atoms with Gasteiger partial charge < -0.3 is 0 Å². The fourth-order valence-electron chi connectivity index (χ4n) is 6.57. The van der Waals surface area contributed by atoms with Crippen LogP contribution in [-0.2, 0) is 19.2 Å². The molecular weight excluding hydrogens is 332 g/mol. The van der Waals surface area contributed by atoms with E-state index >= 15 is 0 Å². The summed E-state index contributed by atoms with van der Waals surface area (Å²) in [4.78, 5) is 53.6. The molecule has 4 aliphatic carbocycles. The van der Waals surface area contributed by atoms with Gasteiger partial charge in [-0.15, -0.1) is 0 Å². The number of nitrogens with zero attached hydrogens (tertiary/aromatic N) is 2. The van der Waals surface area contributed by atoms with Gasteiger partial charge in [-0.25, -0.2) is 0 Å². The second-order valence-electron chi connectivity index (χ2n) is 8.66. The Morgan fingerprint density at radius 1 is 0.577 bits per heavy atom. The van der Waals surface area contributed by atoms with Crippen molar-refractivity contribution in [3.05, 3.63) is 24.3 Å². The first-order valence-electron chi connectivity index (χ1n) is 9.63. The molecule has 4 amide bonds. The van der Waals surface area contributed by atoms with Gasteiger partial charge >= 0.3 is 0 Å². The van der Waals surface area contributed by atoms with Gasteiger partial charge in [0, 0.05) is 13.1 Å². The highest BCUT2D eigenvalue weighted by atomic mass is 16.2. The van der Waals surface area contributed by atoms with Crippen LogP contribution < -0.4 is 0 Å². The lowest BCUT2D eigenvalue weighted by atomic mass is 9.85.